The van der Waals surface area contributed by atoms with E-state index in [-0.39, 0.29) is 5.97 Å². The van der Waals surface area contributed by atoms with Crippen molar-refractivity contribution in [3.8, 4) is 0 Å². The molecule has 0 bridgehead atoms. The zero-order valence-electron chi connectivity index (χ0n) is 10.9. The minimum absolute atomic E-state index is 0.0345. The standard InChI is InChI=1S/C13H25NO2S/c1-2-3-8-16-13(15)6-9-17-11-12-5-4-7-14-10-12/h12,14H,2-11H2,1H3. The fourth-order valence-electron chi connectivity index (χ4n) is 1.87. The number of nitrogens with one attached hydrogen (secondary N) is 1. The predicted molar refractivity (Wildman–Crippen MR) is 73.4 cm³/mol. The van der Waals surface area contributed by atoms with E-state index in [1.54, 1.807) is 0 Å². The van der Waals surface area contributed by atoms with Crippen LogP contribution in [-0.2, 0) is 9.53 Å². The van der Waals surface area contributed by atoms with E-state index in [1.807, 2.05) is 11.8 Å². The zero-order chi connectivity index (χ0) is 12.3. The summed E-state index contributed by atoms with van der Waals surface area (Å²) in [6.45, 7) is 5.01. The molecule has 1 fully saturated rings. The Balaban J connectivity index is 1.90. The number of thioether (sulfide) groups is 1. The molecule has 0 aliphatic carbocycles. The first-order valence-corrected chi connectivity index (χ1v) is 7.92. The summed E-state index contributed by atoms with van der Waals surface area (Å²) in [5, 5.41) is 3.41. The maximum Gasteiger partial charge on any atom is 0.306 e. The normalized spacial score (nSPS) is 20.2. The van der Waals surface area contributed by atoms with Gasteiger partial charge in [-0.05, 0) is 44.0 Å². The third kappa shape index (κ3) is 7.66. The minimum Gasteiger partial charge on any atom is -0.466 e. The summed E-state index contributed by atoms with van der Waals surface area (Å²) in [6.07, 6.45) is 5.25. The van der Waals surface area contributed by atoms with Gasteiger partial charge in [-0.25, -0.2) is 0 Å². The van der Waals surface area contributed by atoms with Gasteiger partial charge in [0.15, 0.2) is 0 Å². The molecule has 0 aromatic carbocycles. The summed E-state index contributed by atoms with van der Waals surface area (Å²) in [5.74, 6) is 2.84. The van der Waals surface area contributed by atoms with Crippen LogP contribution in [0.25, 0.3) is 0 Å². The Morgan fingerprint density at radius 2 is 2.41 bits per heavy atom. The molecule has 3 nitrogen and oxygen atoms in total. The molecule has 0 saturated carbocycles. The van der Waals surface area contributed by atoms with E-state index in [0.29, 0.717) is 13.0 Å². The molecule has 1 saturated heterocycles. The third-order valence-corrected chi connectivity index (χ3v) is 4.16. The van der Waals surface area contributed by atoms with Crippen molar-refractivity contribution in [1.29, 1.82) is 0 Å². The van der Waals surface area contributed by atoms with E-state index in [0.717, 1.165) is 31.1 Å². The lowest BCUT2D eigenvalue weighted by molar-refractivity contribution is -0.143. The smallest absolute Gasteiger partial charge is 0.306 e. The van der Waals surface area contributed by atoms with Crippen LogP contribution in [0.4, 0.5) is 0 Å². The zero-order valence-corrected chi connectivity index (χ0v) is 11.7. The molecule has 100 valence electrons. The van der Waals surface area contributed by atoms with Crippen LogP contribution in [0.15, 0.2) is 0 Å². The molecule has 0 aromatic rings. The Morgan fingerprint density at radius 1 is 1.53 bits per heavy atom. The SMILES string of the molecule is CCCCOC(=O)CCSCC1CCCNC1. The number of unbranched alkanes of at least 4 members (excludes halogenated alkanes) is 1. The highest BCUT2D eigenvalue weighted by atomic mass is 32.2. The summed E-state index contributed by atoms with van der Waals surface area (Å²) in [7, 11) is 0. The quantitative estimate of drug-likeness (QED) is 0.537. The number of rotatable bonds is 8. The molecule has 17 heavy (non-hydrogen) atoms. The van der Waals surface area contributed by atoms with Crippen LogP contribution in [0.5, 0.6) is 0 Å². The van der Waals surface area contributed by atoms with Crippen molar-refractivity contribution in [2.24, 2.45) is 5.92 Å². The second kappa shape index (κ2) is 9.77. The molecule has 0 spiro atoms. The average molecular weight is 259 g/mol. The molecule has 1 unspecified atom stereocenters. The van der Waals surface area contributed by atoms with Crippen LogP contribution in [0.1, 0.15) is 39.0 Å². The summed E-state index contributed by atoms with van der Waals surface area (Å²) >= 11 is 1.89. The second-order valence-corrected chi connectivity index (χ2v) is 5.76. The van der Waals surface area contributed by atoms with Crippen molar-refractivity contribution in [3.05, 3.63) is 0 Å². The van der Waals surface area contributed by atoms with Gasteiger partial charge in [-0.15, -0.1) is 0 Å². The fourth-order valence-corrected chi connectivity index (χ4v) is 2.97. The number of carbonyl (C=O) groups excluding carboxylic acids is 1. The lowest BCUT2D eigenvalue weighted by atomic mass is 10.0. The first kappa shape index (κ1) is 14.8. The van der Waals surface area contributed by atoms with Crippen molar-refractivity contribution < 1.29 is 9.53 Å². The Hall–Kier alpha value is -0.220. The number of hydrogen-bond donors (Lipinski definition) is 1. The molecule has 0 aromatic heterocycles. The molecular weight excluding hydrogens is 234 g/mol. The van der Waals surface area contributed by atoms with E-state index in [9.17, 15) is 4.79 Å². The highest BCUT2D eigenvalue weighted by molar-refractivity contribution is 7.99. The van der Waals surface area contributed by atoms with Gasteiger partial charge >= 0.3 is 5.97 Å². The molecule has 1 N–H and O–H groups in total. The lowest BCUT2D eigenvalue weighted by Crippen LogP contribution is -2.31. The van der Waals surface area contributed by atoms with E-state index in [2.05, 4.69) is 12.2 Å². The van der Waals surface area contributed by atoms with Gasteiger partial charge in [-0.1, -0.05) is 13.3 Å². The first-order valence-electron chi connectivity index (χ1n) is 6.77. The second-order valence-electron chi connectivity index (χ2n) is 4.61. The molecule has 1 rings (SSSR count). The predicted octanol–water partition coefficient (Wildman–Crippen LogP) is 2.45. The molecular formula is C13H25NO2S. The number of carbonyl (C=O) groups is 1. The molecule has 0 radical (unpaired) electrons. The highest BCUT2D eigenvalue weighted by Crippen LogP contribution is 2.16. The van der Waals surface area contributed by atoms with E-state index in [1.165, 1.54) is 25.1 Å². The summed E-state index contributed by atoms with van der Waals surface area (Å²) < 4.78 is 5.11. The molecule has 1 aliphatic rings. The van der Waals surface area contributed by atoms with Crippen LogP contribution in [0.3, 0.4) is 0 Å². The van der Waals surface area contributed by atoms with Gasteiger partial charge in [0, 0.05) is 5.75 Å². The Morgan fingerprint density at radius 3 is 3.12 bits per heavy atom. The van der Waals surface area contributed by atoms with E-state index in [4.69, 9.17) is 4.74 Å². The van der Waals surface area contributed by atoms with Gasteiger partial charge in [0.1, 0.15) is 0 Å². The van der Waals surface area contributed by atoms with Crippen molar-refractivity contribution in [2.75, 3.05) is 31.2 Å². The number of esters is 1. The fraction of sp³-hybridized carbons (Fsp3) is 0.923. The lowest BCUT2D eigenvalue weighted by Gasteiger charge is -2.22. The summed E-state index contributed by atoms with van der Waals surface area (Å²) in [6, 6.07) is 0. The van der Waals surface area contributed by atoms with Crippen LogP contribution in [0, 0.1) is 5.92 Å². The molecule has 1 aliphatic heterocycles. The summed E-state index contributed by atoms with van der Waals surface area (Å²) in [4.78, 5) is 11.3. The average Bonchev–Trinajstić information content (AvgIpc) is 2.36. The maximum absolute atomic E-state index is 11.3. The van der Waals surface area contributed by atoms with Gasteiger partial charge in [-0.3, -0.25) is 4.79 Å². The monoisotopic (exact) mass is 259 g/mol. The molecule has 1 atom stereocenters. The van der Waals surface area contributed by atoms with Gasteiger partial charge in [0.2, 0.25) is 0 Å². The van der Waals surface area contributed by atoms with Crippen molar-refractivity contribution in [3.63, 3.8) is 0 Å². The third-order valence-electron chi connectivity index (χ3n) is 2.96. The number of hydrogen-bond acceptors (Lipinski definition) is 4. The Kier molecular flexibility index (Phi) is 8.53. The van der Waals surface area contributed by atoms with Gasteiger partial charge < -0.3 is 10.1 Å². The first-order chi connectivity index (χ1) is 8.33. The van der Waals surface area contributed by atoms with Crippen LogP contribution >= 0.6 is 11.8 Å². The largest absolute Gasteiger partial charge is 0.466 e. The maximum atomic E-state index is 11.3. The van der Waals surface area contributed by atoms with Gasteiger partial charge in [-0.2, -0.15) is 11.8 Å². The van der Waals surface area contributed by atoms with E-state index >= 15 is 0 Å². The van der Waals surface area contributed by atoms with Crippen molar-refractivity contribution >= 4 is 17.7 Å². The molecule has 4 heteroatoms. The van der Waals surface area contributed by atoms with Gasteiger partial charge in [0.05, 0.1) is 13.0 Å². The number of ether oxygens (including phenoxy) is 1. The van der Waals surface area contributed by atoms with Crippen LogP contribution in [-0.4, -0.2) is 37.2 Å². The highest BCUT2D eigenvalue weighted by Gasteiger charge is 2.12. The molecule has 1 heterocycles. The van der Waals surface area contributed by atoms with E-state index < -0.39 is 0 Å². The topological polar surface area (TPSA) is 38.3 Å². The summed E-state index contributed by atoms with van der Waals surface area (Å²) in [5.41, 5.74) is 0. The van der Waals surface area contributed by atoms with Crippen LogP contribution in [0.2, 0.25) is 0 Å². The minimum atomic E-state index is -0.0345. The van der Waals surface area contributed by atoms with Crippen LogP contribution < -0.4 is 5.32 Å². The number of piperidine rings is 1. The van der Waals surface area contributed by atoms with Crippen molar-refractivity contribution in [1.82, 2.24) is 5.32 Å². The molecule has 0 amide bonds. The Bertz CT molecular complexity index is 206. The Labute approximate surface area is 109 Å². The van der Waals surface area contributed by atoms with Gasteiger partial charge in [0.25, 0.3) is 0 Å². The van der Waals surface area contributed by atoms with Crippen molar-refractivity contribution in [2.45, 2.75) is 39.0 Å².